The average molecular weight is 391 g/mol. The highest BCUT2D eigenvalue weighted by Crippen LogP contribution is 2.31. The Morgan fingerprint density at radius 3 is 2.66 bits per heavy atom. The standard InChI is InChI=1S/C23H25N3O3/c1-2-16-9-3-5-11-18(16)24-21(27)15-26-19-12-6-4-10-17(19)22(28)25-14-8-7-13-20(25)23(26)29/h3-6,9-12,20H,2,7-8,13-15H2,1H3,(H,24,27)/t20-/m1/s1. The zero-order chi connectivity index (χ0) is 20.4. The number of carbonyl (C=O) groups is 3. The average Bonchev–Trinajstić information content (AvgIpc) is 2.84. The van der Waals surface area contributed by atoms with E-state index in [-0.39, 0.29) is 24.3 Å². The number of benzene rings is 2. The van der Waals surface area contributed by atoms with Crippen molar-refractivity contribution in [3.05, 3.63) is 59.7 Å². The van der Waals surface area contributed by atoms with Crippen LogP contribution in [0.15, 0.2) is 48.5 Å². The summed E-state index contributed by atoms with van der Waals surface area (Å²) < 4.78 is 0. The topological polar surface area (TPSA) is 69.7 Å². The van der Waals surface area contributed by atoms with Gasteiger partial charge < -0.3 is 15.1 Å². The molecule has 2 aromatic rings. The maximum Gasteiger partial charge on any atom is 0.256 e. The number of carbonyl (C=O) groups excluding carboxylic acids is 3. The van der Waals surface area contributed by atoms with E-state index in [1.165, 1.54) is 4.90 Å². The summed E-state index contributed by atoms with van der Waals surface area (Å²) >= 11 is 0. The van der Waals surface area contributed by atoms with Gasteiger partial charge in [0.2, 0.25) is 11.8 Å². The van der Waals surface area contributed by atoms with Crippen molar-refractivity contribution in [2.24, 2.45) is 0 Å². The number of piperidine rings is 1. The van der Waals surface area contributed by atoms with Crippen LogP contribution < -0.4 is 10.2 Å². The quantitative estimate of drug-likeness (QED) is 0.870. The molecule has 29 heavy (non-hydrogen) atoms. The van der Waals surface area contributed by atoms with Crippen LogP contribution in [0.5, 0.6) is 0 Å². The number of amides is 3. The molecular formula is C23H25N3O3. The van der Waals surface area contributed by atoms with Crippen LogP contribution in [-0.4, -0.2) is 41.8 Å². The first-order valence-electron chi connectivity index (χ1n) is 10.2. The fourth-order valence-electron chi connectivity index (χ4n) is 4.22. The minimum Gasteiger partial charge on any atom is -0.327 e. The summed E-state index contributed by atoms with van der Waals surface area (Å²) in [7, 11) is 0. The predicted molar refractivity (Wildman–Crippen MR) is 112 cm³/mol. The number of rotatable bonds is 4. The molecule has 2 aliphatic heterocycles. The minimum absolute atomic E-state index is 0.120. The van der Waals surface area contributed by atoms with E-state index in [1.54, 1.807) is 29.2 Å². The number of aryl methyl sites for hydroxylation is 1. The molecule has 1 N–H and O–H groups in total. The van der Waals surface area contributed by atoms with E-state index >= 15 is 0 Å². The van der Waals surface area contributed by atoms with Gasteiger partial charge in [-0.05, 0) is 49.4 Å². The Labute approximate surface area is 170 Å². The molecule has 0 aliphatic carbocycles. The van der Waals surface area contributed by atoms with Crippen molar-refractivity contribution in [2.45, 2.75) is 38.6 Å². The molecule has 1 atom stereocenters. The Morgan fingerprint density at radius 2 is 1.83 bits per heavy atom. The molecular weight excluding hydrogens is 366 g/mol. The SMILES string of the molecule is CCc1ccccc1NC(=O)CN1C(=O)[C@H]2CCCCN2C(=O)c2ccccc21. The second-order valence-electron chi connectivity index (χ2n) is 7.51. The lowest BCUT2D eigenvalue weighted by atomic mass is 10.0. The number of hydrogen-bond acceptors (Lipinski definition) is 3. The first-order chi connectivity index (χ1) is 14.1. The van der Waals surface area contributed by atoms with Crippen molar-refractivity contribution >= 4 is 29.1 Å². The smallest absolute Gasteiger partial charge is 0.256 e. The van der Waals surface area contributed by atoms with Crippen LogP contribution in [0, 0.1) is 0 Å². The third kappa shape index (κ3) is 3.62. The molecule has 6 heteroatoms. The van der Waals surface area contributed by atoms with Crippen LogP contribution in [0.2, 0.25) is 0 Å². The van der Waals surface area contributed by atoms with Crippen molar-refractivity contribution in [3.8, 4) is 0 Å². The van der Waals surface area contributed by atoms with Gasteiger partial charge in [-0.25, -0.2) is 0 Å². The Balaban J connectivity index is 1.64. The maximum absolute atomic E-state index is 13.4. The zero-order valence-electron chi connectivity index (χ0n) is 16.6. The fourth-order valence-corrected chi connectivity index (χ4v) is 4.22. The van der Waals surface area contributed by atoms with Gasteiger partial charge in [-0.2, -0.15) is 0 Å². The van der Waals surface area contributed by atoms with Gasteiger partial charge in [0.1, 0.15) is 12.6 Å². The van der Waals surface area contributed by atoms with E-state index in [4.69, 9.17) is 0 Å². The number of para-hydroxylation sites is 2. The number of nitrogens with zero attached hydrogens (tertiary/aromatic N) is 2. The van der Waals surface area contributed by atoms with Gasteiger partial charge >= 0.3 is 0 Å². The summed E-state index contributed by atoms with van der Waals surface area (Å²) in [6.45, 7) is 2.49. The van der Waals surface area contributed by atoms with Gasteiger partial charge in [0.25, 0.3) is 5.91 Å². The van der Waals surface area contributed by atoms with E-state index in [0.717, 1.165) is 30.5 Å². The van der Waals surface area contributed by atoms with E-state index < -0.39 is 6.04 Å². The molecule has 0 unspecified atom stereocenters. The summed E-state index contributed by atoms with van der Waals surface area (Å²) in [6, 6.07) is 14.2. The molecule has 0 spiro atoms. The van der Waals surface area contributed by atoms with Gasteiger partial charge in [-0.15, -0.1) is 0 Å². The lowest BCUT2D eigenvalue weighted by Crippen LogP contribution is -2.52. The van der Waals surface area contributed by atoms with Crippen molar-refractivity contribution in [2.75, 3.05) is 23.3 Å². The molecule has 2 heterocycles. The van der Waals surface area contributed by atoms with Gasteiger partial charge in [0.05, 0.1) is 11.3 Å². The van der Waals surface area contributed by atoms with E-state index in [2.05, 4.69) is 5.32 Å². The summed E-state index contributed by atoms with van der Waals surface area (Å²) in [5, 5.41) is 2.93. The minimum atomic E-state index is -0.501. The van der Waals surface area contributed by atoms with Crippen molar-refractivity contribution in [1.29, 1.82) is 0 Å². The second kappa shape index (κ2) is 8.07. The molecule has 6 nitrogen and oxygen atoms in total. The summed E-state index contributed by atoms with van der Waals surface area (Å²) in [4.78, 5) is 42.4. The third-order valence-electron chi connectivity index (χ3n) is 5.71. The molecule has 150 valence electrons. The normalized spacial score (nSPS) is 18.7. The number of nitrogens with one attached hydrogen (secondary N) is 1. The fraction of sp³-hybridized carbons (Fsp3) is 0.348. The van der Waals surface area contributed by atoms with Gasteiger partial charge in [-0.1, -0.05) is 37.3 Å². The van der Waals surface area contributed by atoms with Crippen LogP contribution in [0.1, 0.15) is 42.1 Å². The van der Waals surface area contributed by atoms with Crippen LogP contribution >= 0.6 is 0 Å². The summed E-state index contributed by atoms with van der Waals surface area (Å²) in [5.41, 5.74) is 2.78. The molecule has 1 saturated heterocycles. The summed E-state index contributed by atoms with van der Waals surface area (Å²) in [5.74, 6) is -0.578. The lowest BCUT2D eigenvalue weighted by molar-refractivity contribution is -0.125. The van der Waals surface area contributed by atoms with Crippen molar-refractivity contribution < 1.29 is 14.4 Å². The zero-order valence-corrected chi connectivity index (χ0v) is 16.6. The van der Waals surface area contributed by atoms with Crippen LogP contribution in [0.25, 0.3) is 0 Å². The highest BCUT2D eigenvalue weighted by atomic mass is 16.2. The van der Waals surface area contributed by atoms with E-state index in [1.807, 2.05) is 31.2 Å². The van der Waals surface area contributed by atoms with Gasteiger partial charge in [0.15, 0.2) is 0 Å². The molecule has 2 aromatic carbocycles. The monoisotopic (exact) mass is 391 g/mol. The Kier molecular flexibility index (Phi) is 5.34. The molecule has 0 bridgehead atoms. The number of anilines is 2. The summed E-state index contributed by atoms with van der Waals surface area (Å²) in [6.07, 6.45) is 3.23. The Hall–Kier alpha value is -3.15. The predicted octanol–water partition coefficient (Wildman–Crippen LogP) is 3.23. The molecule has 3 amide bonds. The number of hydrogen-bond donors (Lipinski definition) is 1. The van der Waals surface area contributed by atoms with Gasteiger partial charge in [-0.3, -0.25) is 14.4 Å². The van der Waals surface area contributed by atoms with Crippen molar-refractivity contribution in [1.82, 2.24) is 4.90 Å². The first kappa shape index (κ1) is 19.2. The molecule has 0 saturated carbocycles. The van der Waals surface area contributed by atoms with Crippen LogP contribution in [0.3, 0.4) is 0 Å². The Bertz CT molecular complexity index is 956. The first-order valence-corrected chi connectivity index (χ1v) is 10.2. The Morgan fingerprint density at radius 1 is 1.07 bits per heavy atom. The van der Waals surface area contributed by atoms with Crippen molar-refractivity contribution in [3.63, 3.8) is 0 Å². The van der Waals surface area contributed by atoms with E-state index in [0.29, 0.717) is 24.2 Å². The van der Waals surface area contributed by atoms with Gasteiger partial charge in [0, 0.05) is 12.2 Å². The largest absolute Gasteiger partial charge is 0.327 e. The molecule has 4 rings (SSSR count). The number of fused-ring (bicyclic) bond motifs is 2. The highest BCUT2D eigenvalue weighted by molar-refractivity contribution is 6.13. The lowest BCUT2D eigenvalue weighted by Gasteiger charge is -2.34. The third-order valence-corrected chi connectivity index (χ3v) is 5.71. The molecule has 2 aliphatic rings. The van der Waals surface area contributed by atoms with Crippen LogP contribution in [-0.2, 0) is 16.0 Å². The molecule has 0 aromatic heterocycles. The highest BCUT2D eigenvalue weighted by Gasteiger charge is 2.40. The second-order valence-corrected chi connectivity index (χ2v) is 7.51. The maximum atomic E-state index is 13.4. The molecule has 0 radical (unpaired) electrons. The van der Waals surface area contributed by atoms with E-state index in [9.17, 15) is 14.4 Å². The van der Waals surface area contributed by atoms with Crippen LogP contribution in [0.4, 0.5) is 11.4 Å². The molecule has 1 fully saturated rings.